The lowest BCUT2D eigenvalue weighted by Gasteiger charge is -2.13. The number of thioether (sulfide) groups is 1. The van der Waals surface area contributed by atoms with E-state index in [9.17, 15) is 14.4 Å². The van der Waals surface area contributed by atoms with Crippen molar-refractivity contribution >= 4 is 74.1 Å². The molecule has 3 aromatic carbocycles. The van der Waals surface area contributed by atoms with E-state index < -0.39 is 17.1 Å². The number of halogens is 3. The number of hydrogen-bond donors (Lipinski definition) is 0. The van der Waals surface area contributed by atoms with Crippen LogP contribution in [0.1, 0.15) is 21.5 Å². The fraction of sp³-hybridized carbons (Fsp3) is 0.0417. The van der Waals surface area contributed by atoms with Crippen LogP contribution in [0.2, 0.25) is 10.0 Å². The van der Waals surface area contributed by atoms with Crippen LogP contribution in [0.25, 0.3) is 6.08 Å². The second-order valence-corrected chi connectivity index (χ2v) is 9.60. The van der Waals surface area contributed by atoms with Gasteiger partial charge in [0.15, 0.2) is 0 Å². The van der Waals surface area contributed by atoms with Crippen molar-refractivity contribution < 1.29 is 19.1 Å². The summed E-state index contributed by atoms with van der Waals surface area (Å²) in [6, 6.07) is 18.5. The summed E-state index contributed by atoms with van der Waals surface area (Å²) < 4.78 is 6.33. The van der Waals surface area contributed by atoms with Gasteiger partial charge in [0.05, 0.1) is 22.0 Å². The van der Waals surface area contributed by atoms with Crippen molar-refractivity contribution in [3.05, 3.63) is 103 Å². The topological polar surface area (TPSA) is 63.7 Å². The van der Waals surface area contributed by atoms with Gasteiger partial charge in [-0.3, -0.25) is 14.5 Å². The molecule has 33 heavy (non-hydrogen) atoms. The maximum atomic E-state index is 13.0. The summed E-state index contributed by atoms with van der Waals surface area (Å²) in [6.07, 6.45) is 1.49. The van der Waals surface area contributed by atoms with Crippen LogP contribution >= 0.6 is 50.9 Å². The highest BCUT2D eigenvalue weighted by Gasteiger charge is 2.35. The summed E-state index contributed by atoms with van der Waals surface area (Å²) in [5, 5.41) is 0.246. The summed E-state index contributed by atoms with van der Waals surface area (Å²) in [5.41, 5.74) is 1.39. The second kappa shape index (κ2) is 10.1. The summed E-state index contributed by atoms with van der Waals surface area (Å²) in [7, 11) is 0. The van der Waals surface area contributed by atoms with Gasteiger partial charge in [-0.1, -0.05) is 69.5 Å². The molecule has 3 aromatic rings. The minimum atomic E-state index is -0.653. The average Bonchev–Trinajstić information content (AvgIpc) is 3.04. The van der Waals surface area contributed by atoms with E-state index in [2.05, 4.69) is 15.9 Å². The fourth-order valence-corrected chi connectivity index (χ4v) is 4.71. The maximum Gasteiger partial charge on any atom is 0.345 e. The van der Waals surface area contributed by atoms with Gasteiger partial charge in [0.1, 0.15) is 5.75 Å². The third-order valence-electron chi connectivity index (χ3n) is 4.71. The Hall–Kier alpha value is -2.58. The Morgan fingerprint density at radius 3 is 2.52 bits per heavy atom. The van der Waals surface area contributed by atoms with Crippen LogP contribution in [0.3, 0.4) is 0 Å². The van der Waals surface area contributed by atoms with E-state index in [-0.39, 0.29) is 27.8 Å². The predicted octanol–water partition coefficient (Wildman–Crippen LogP) is 7.21. The molecule has 1 fully saturated rings. The lowest BCUT2D eigenvalue weighted by molar-refractivity contribution is -0.123. The number of hydrogen-bond acceptors (Lipinski definition) is 5. The first-order valence-corrected chi connectivity index (χ1v) is 11.9. The number of imide groups is 1. The molecule has 0 spiro atoms. The Bertz CT molecular complexity index is 1310. The fourth-order valence-electron chi connectivity index (χ4n) is 3.08. The van der Waals surface area contributed by atoms with Gasteiger partial charge in [0, 0.05) is 15.1 Å². The minimum absolute atomic E-state index is 0.132. The lowest BCUT2D eigenvalue weighted by Crippen LogP contribution is -2.27. The molecule has 0 aliphatic carbocycles. The zero-order chi connectivity index (χ0) is 23.5. The molecule has 1 heterocycles. The monoisotopic (exact) mass is 561 g/mol. The van der Waals surface area contributed by atoms with Crippen molar-refractivity contribution in [3.63, 3.8) is 0 Å². The van der Waals surface area contributed by atoms with E-state index in [1.807, 2.05) is 24.3 Å². The third-order valence-corrected chi connectivity index (χ3v) is 6.96. The Balaban J connectivity index is 1.61. The van der Waals surface area contributed by atoms with Crippen LogP contribution < -0.4 is 4.74 Å². The summed E-state index contributed by atoms with van der Waals surface area (Å²) in [6.45, 7) is 0.132. The molecule has 0 radical (unpaired) electrons. The van der Waals surface area contributed by atoms with Gasteiger partial charge in [-0.15, -0.1) is 0 Å². The molecule has 0 aromatic heterocycles. The molecule has 9 heteroatoms. The number of carbonyl (C=O) groups excluding carboxylic acids is 3. The number of benzene rings is 3. The molecule has 0 N–H and O–H groups in total. The van der Waals surface area contributed by atoms with Crippen molar-refractivity contribution in [2.24, 2.45) is 0 Å². The molecule has 5 nitrogen and oxygen atoms in total. The van der Waals surface area contributed by atoms with E-state index >= 15 is 0 Å². The highest BCUT2D eigenvalue weighted by Crippen LogP contribution is 2.36. The first-order valence-electron chi connectivity index (χ1n) is 9.58. The Morgan fingerprint density at radius 2 is 1.76 bits per heavy atom. The molecule has 166 valence electrons. The summed E-state index contributed by atoms with van der Waals surface area (Å²) >= 11 is 16.5. The largest absolute Gasteiger partial charge is 0.422 e. The van der Waals surface area contributed by atoms with E-state index in [0.29, 0.717) is 10.6 Å². The Kier molecular flexibility index (Phi) is 7.24. The SMILES string of the molecule is O=C(Oc1ccc(Cl)cc1/C=C1\SC(=O)N(Cc2ccccc2Br)C1=O)c1ccccc1Cl. The van der Waals surface area contributed by atoms with Crippen molar-refractivity contribution in [3.8, 4) is 5.75 Å². The van der Waals surface area contributed by atoms with Crippen LogP contribution in [0.4, 0.5) is 4.79 Å². The molecule has 0 saturated carbocycles. The van der Waals surface area contributed by atoms with E-state index in [0.717, 1.165) is 26.7 Å². The van der Waals surface area contributed by atoms with Gasteiger partial charge in [-0.05, 0) is 59.8 Å². The first-order chi connectivity index (χ1) is 15.8. The molecular formula is C24H14BrCl2NO4S. The molecule has 0 unspecified atom stereocenters. The van der Waals surface area contributed by atoms with Crippen LogP contribution in [0.15, 0.2) is 76.1 Å². The van der Waals surface area contributed by atoms with Crippen molar-refractivity contribution in [1.29, 1.82) is 0 Å². The first kappa shape index (κ1) is 23.6. The number of nitrogens with zero attached hydrogens (tertiary/aromatic N) is 1. The zero-order valence-electron chi connectivity index (χ0n) is 16.8. The predicted molar refractivity (Wildman–Crippen MR) is 134 cm³/mol. The molecule has 0 bridgehead atoms. The molecule has 1 saturated heterocycles. The summed E-state index contributed by atoms with van der Waals surface area (Å²) in [5.74, 6) is -0.911. The minimum Gasteiger partial charge on any atom is -0.422 e. The normalized spacial score (nSPS) is 14.8. The van der Waals surface area contributed by atoms with Crippen molar-refractivity contribution in [2.75, 3.05) is 0 Å². The van der Waals surface area contributed by atoms with Crippen molar-refractivity contribution in [1.82, 2.24) is 4.90 Å². The van der Waals surface area contributed by atoms with Gasteiger partial charge in [-0.2, -0.15) is 0 Å². The quantitative estimate of drug-likeness (QED) is 0.187. The van der Waals surface area contributed by atoms with Crippen LogP contribution in [0, 0.1) is 0 Å². The van der Waals surface area contributed by atoms with E-state index in [4.69, 9.17) is 27.9 Å². The van der Waals surface area contributed by atoms with Gasteiger partial charge in [-0.25, -0.2) is 4.79 Å². The number of rotatable bonds is 5. The highest BCUT2D eigenvalue weighted by molar-refractivity contribution is 9.10. The zero-order valence-corrected chi connectivity index (χ0v) is 20.7. The van der Waals surface area contributed by atoms with Crippen molar-refractivity contribution in [2.45, 2.75) is 6.54 Å². The van der Waals surface area contributed by atoms with Gasteiger partial charge >= 0.3 is 5.97 Å². The van der Waals surface area contributed by atoms with Gasteiger partial charge in [0.2, 0.25) is 0 Å². The molecule has 1 aliphatic rings. The molecule has 1 aliphatic heterocycles. The Morgan fingerprint density at radius 1 is 1.03 bits per heavy atom. The molecule has 2 amide bonds. The second-order valence-electron chi connectivity index (χ2n) is 6.91. The Labute approximate surface area is 212 Å². The third kappa shape index (κ3) is 5.33. The molecule has 0 atom stereocenters. The van der Waals surface area contributed by atoms with Crippen LogP contribution in [-0.2, 0) is 11.3 Å². The van der Waals surface area contributed by atoms with Gasteiger partial charge < -0.3 is 4.74 Å². The number of ether oxygens (including phenoxy) is 1. The number of carbonyl (C=O) groups is 3. The van der Waals surface area contributed by atoms with Gasteiger partial charge in [0.25, 0.3) is 11.1 Å². The van der Waals surface area contributed by atoms with Crippen LogP contribution in [0.5, 0.6) is 5.75 Å². The standard InChI is InChI=1S/C24H14BrCl2NO4S/c25-18-7-3-1-5-14(18)13-28-22(29)21(33-24(28)31)12-15-11-16(26)9-10-20(15)32-23(30)17-6-2-4-8-19(17)27/h1-12H,13H2/b21-12-. The van der Waals surface area contributed by atoms with E-state index in [1.54, 1.807) is 36.4 Å². The highest BCUT2D eigenvalue weighted by atomic mass is 79.9. The lowest BCUT2D eigenvalue weighted by atomic mass is 10.1. The average molecular weight is 563 g/mol. The van der Waals surface area contributed by atoms with Crippen LogP contribution in [-0.4, -0.2) is 22.0 Å². The number of amides is 2. The maximum absolute atomic E-state index is 13.0. The number of esters is 1. The molecular weight excluding hydrogens is 549 g/mol. The summed E-state index contributed by atoms with van der Waals surface area (Å²) in [4.78, 5) is 39.5. The molecule has 4 rings (SSSR count). The smallest absolute Gasteiger partial charge is 0.345 e. The van der Waals surface area contributed by atoms with E-state index in [1.165, 1.54) is 12.1 Å².